The van der Waals surface area contributed by atoms with Crippen molar-refractivity contribution in [1.82, 2.24) is 21.4 Å². The van der Waals surface area contributed by atoms with E-state index in [1.54, 1.807) is 27.7 Å². The molecule has 168 valence electrons. The summed E-state index contributed by atoms with van der Waals surface area (Å²) in [7, 11) is 0. The zero-order valence-corrected chi connectivity index (χ0v) is 18.3. The molecule has 0 saturated carbocycles. The molecule has 0 aliphatic carbocycles. The van der Waals surface area contributed by atoms with E-state index >= 15 is 0 Å². The Morgan fingerprint density at radius 2 is 1.48 bits per heavy atom. The van der Waals surface area contributed by atoms with Gasteiger partial charge in [0.05, 0.1) is 5.41 Å². The third-order valence-corrected chi connectivity index (χ3v) is 4.87. The van der Waals surface area contributed by atoms with Gasteiger partial charge < -0.3 is 21.7 Å². The Kier molecular flexibility index (Phi) is 11.4. The van der Waals surface area contributed by atoms with Crippen LogP contribution >= 0.6 is 0 Å². The molecule has 0 radical (unpaired) electrons. The largest absolute Gasteiger partial charge is 0.354 e. The second-order valence-electron chi connectivity index (χ2n) is 8.35. The van der Waals surface area contributed by atoms with E-state index in [1.807, 2.05) is 13.8 Å². The van der Waals surface area contributed by atoms with Crippen LogP contribution in [0.25, 0.3) is 0 Å². The molecular formula is C19H37N5O5. The molecule has 0 spiro atoms. The molecule has 0 aromatic rings. The Labute approximate surface area is 172 Å². The van der Waals surface area contributed by atoms with Crippen LogP contribution in [0, 0.1) is 17.3 Å². The first-order valence-electron chi connectivity index (χ1n) is 9.87. The van der Waals surface area contributed by atoms with Gasteiger partial charge in [0, 0.05) is 31.5 Å². The minimum atomic E-state index is -0.811. The predicted octanol–water partition coefficient (Wildman–Crippen LogP) is -0.345. The summed E-state index contributed by atoms with van der Waals surface area (Å²) in [5.74, 6) is -2.03. The van der Waals surface area contributed by atoms with Crippen LogP contribution in [0.4, 0.5) is 0 Å². The van der Waals surface area contributed by atoms with Crippen molar-refractivity contribution in [3.63, 3.8) is 0 Å². The lowest BCUT2D eigenvalue weighted by molar-refractivity contribution is -0.135. The number of carbonyl (C=O) groups is 4. The summed E-state index contributed by atoms with van der Waals surface area (Å²) >= 11 is 0. The first kappa shape index (κ1) is 26.8. The van der Waals surface area contributed by atoms with Crippen LogP contribution in [0.2, 0.25) is 0 Å². The van der Waals surface area contributed by atoms with Crippen LogP contribution in [0.15, 0.2) is 0 Å². The van der Waals surface area contributed by atoms with E-state index in [4.69, 9.17) is 10.9 Å². The van der Waals surface area contributed by atoms with Gasteiger partial charge in [-0.05, 0) is 40.0 Å². The summed E-state index contributed by atoms with van der Waals surface area (Å²) in [6.45, 7) is 10.9. The molecule has 29 heavy (non-hydrogen) atoms. The van der Waals surface area contributed by atoms with Gasteiger partial charge >= 0.3 is 0 Å². The van der Waals surface area contributed by atoms with Crippen LogP contribution in [-0.4, -0.2) is 54.0 Å². The van der Waals surface area contributed by atoms with Crippen molar-refractivity contribution in [2.45, 2.75) is 66.5 Å². The van der Waals surface area contributed by atoms with Gasteiger partial charge in [-0.3, -0.25) is 24.4 Å². The number of hydrogen-bond acceptors (Lipinski definition) is 6. The average Bonchev–Trinajstić information content (AvgIpc) is 2.63. The van der Waals surface area contributed by atoms with E-state index in [0.717, 1.165) is 0 Å². The standard InChI is InChI=1S/C19H37N5O5/c1-11(2)9-14(10-15(25)24-29)17(27)22-8-7-21-16(26)12(3)23-18(28)19(5,6)13(4)20/h11-14,29H,7-10,20H2,1-6H3,(H,21,26)(H,22,27)(H,23,28)(H,24,25)/t12-,13?,14?/m0/s1. The van der Waals surface area contributed by atoms with Crippen LogP contribution in [0.5, 0.6) is 0 Å². The highest BCUT2D eigenvalue weighted by molar-refractivity contribution is 5.90. The summed E-state index contributed by atoms with van der Waals surface area (Å²) in [6, 6.07) is -1.13. The summed E-state index contributed by atoms with van der Waals surface area (Å²) in [6.07, 6.45) is 0.370. The summed E-state index contributed by atoms with van der Waals surface area (Å²) in [5, 5.41) is 16.6. The lowest BCUT2D eigenvalue weighted by atomic mass is 9.85. The highest BCUT2D eigenvalue weighted by Crippen LogP contribution is 2.19. The molecule has 0 saturated heterocycles. The maximum Gasteiger partial charge on any atom is 0.244 e. The fourth-order valence-electron chi connectivity index (χ4n) is 2.45. The fourth-order valence-corrected chi connectivity index (χ4v) is 2.45. The zero-order chi connectivity index (χ0) is 22.8. The Morgan fingerprint density at radius 3 is 1.93 bits per heavy atom. The van der Waals surface area contributed by atoms with Crippen molar-refractivity contribution >= 4 is 23.6 Å². The molecule has 7 N–H and O–H groups in total. The Morgan fingerprint density at radius 1 is 0.966 bits per heavy atom. The van der Waals surface area contributed by atoms with Crippen molar-refractivity contribution in [1.29, 1.82) is 0 Å². The molecule has 0 aromatic heterocycles. The number of nitrogens with one attached hydrogen (secondary N) is 4. The molecule has 10 nitrogen and oxygen atoms in total. The second kappa shape index (κ2) is 12.4. The Hall–Kier alpha value is -2.20. The Balaban J connectivity index is 4.45. The average molecular weight is 416 g/mol. The highest BCUT2D eigenvalue weighted by Gasteiger charge is 2.33. The number of carbonyl (C=O) groups excluding carboxylic acids is 4. The molecule has 0 aliphatic rings. The van der Waals surface area contributed by atoms with Gasteiger partial charge in [-0.2, -0.15) is 0 Å². The molecule has 0 bridgehead atoms. The lowest BCUT2D eigenvalue weighted by Crippen LogP contribution is -2.53. The van der Waals surface area contributed by atoms with Gasteiger partial charge in [0.15, 0.2) is 0 Å². The van der Waals surface area contributed by atoms with E-state index in [9.17, 15) is 19.2 Å². The highest BCUT2D eigenvalue weighted by atomic mass is 16.5. The second-order valence-corrected chi connectivity index (χ2v) is 8.35. The molecule has 0 rings (SSSR count). The third kappa shape index (κ3) is 9.71. The van der Waals surface area contributed by atoms with Crippen LogP contribution in [0.1, 0.15) is 54.4 Å². The molecule has 0 heterocycles. The smallest absolute Gasteiger partial charge is 0.244 e. The quantitative estimate of drug-likeness (QED) is 0.145. The van der Waals surface area contributed by atoms with E-state index in [1.165, 1.54) is 5.48 Å². The van der Waals surface area contributed by atoms with Crippen molar-refractivity contribution in [3.05, 3.63) is 0 Å². The first-order chi connectivity index (χ1) is 13.3. The van der Waals surface area contributed by atoms with Gasteiger partial charge in [0.25, 0.3) is 0 Å². The molecule has 2 unspecified atom stereocenters. The SMILES string of the molecule is CC(C)CC(CC(=O)NO)C(=O)NCCNC(=O)[C@H](C)NC(=O)C(C)(C)C(C)N. The van der Waals surface area contributed by atoms with E-state index in [-0.39, 0.29) is 49.2 Å². The lowest BCUT2D eigenvalue weighted by Gasteiger charge is -2.29. The third-order valence-electron chi connectivity index (χ3n) is 4.87. The van der Waals surface area contributed by atoms with Crippen LogP contribution in [0.3, 0.4) is 0 Å². The zero-order valence-electron chi connectivity index (χ0n) is 18.3. The molecule has 0 aliphatic heterocycles. The van der Waals surface area contributed by atoms with Gasteiger partial charge in [0.2, 0.25) is 23.6 Å². The van der Waals surface area contributed by atoms with Gasteiger partial charge in [-0.25, -0.2) is 5.48 Å². The number of rotatable bonds is 12. The van der Waals surface area contributed by atoms with Crippen LogP contribution < -0.4 is 27.2 Å². The minimum absolute atomic E-state index is 0.120. The van der Waals surface area contributed by atoms with Crippen LogP contribution in [-0.2, 0) is 19.2 Å². The van der Waals surface area contributed by atoms with Crippen molar-refractivity contribution in [3.8, 4) is 0 Å². The molecule has 10 heteroatoms. The molecule has 0 aromatic carbocycles. The van der Waals surface area contributed by atoms with Gasteiger partial charge in [-0.1, -0.05) is 13.8 Å². The maximum atomic E-state index is 12.3. The van der Waals surface area contributed by atoms with E-state index < -0.39 is 23.3 Å². The predicted molar refractivity (Wildman–Crippen MR) is 109 cm³/mol. The molecule has 4 amide bonds. The van der Waals surface area contributed by atoms with Crippen molar-refractivity contribution in [2.75, 3.05) is 13.1 Å². The number of nitrogens with two attached hydrogens (primary N) is 1. The first-order valence-corrected chi connectivity index (χ1v) is 9.87. The Bertz CT molecular complexity index is 577. The van der Waals surface area contributed by atoms with Crippen molar-refractivity contribution < 1.29 is 24.4 Å². The molecular weight excluding hydrogens is 378 g/mol. The summed E-state index contributed by atoms with van der Waals surface area (Å²) in [4.78, 5) is 48.0. The van der Waals surface area contributed by atoms with Gasteiger partial charge in [0.1, 0.15) is 6.04 Å². The summed E-state index contributed by atoms with van der Waals surface area (Å²) < 4.78 is 0. The van der Waals surface area contributed by atoms with Crippen molar-refractivity contribution in [2.24, 2.45) is 23.0 Å². The molecule has 0 fully saturated rings. The topological polar surface area (TPSA) is 163 Å². The normalized spacial score (nSPS) is 14.5. The van der Waals surface area contributed by atoms with E-state index in [0.29, 0.717) is 6.42 Å². The summed E-state index contributed by atoms with van der Waals surface area (Å²) in [5.41, 5.74) is 6.52. The maximum absolute atomic E-state index is 12.3. The minimum Gasteiger partial charge on any atom is -0.354 e. The number of hydroxylamine groups is 1. The van der Waals surface area contributed by atoms with Gasteiger partial charge in [-0.15, -0.1) is 0 Å². The van der Waals surface area contributed by atoms with E-state index in [2.05, 4.69) is 16.0 Å². The fraction of sp³-hybridized carbons (Fsp3) is 0.789. The number of hydrogen-bond donors (Lipinski definition) is 6. The monoisotopic (exact) mass is 415 g/mol. The number of amides is 4. The molecule has 3 atom stereocenters.